The van der Waals surface area contributed by atoms with Crippen molar-refractivity contribution in [1.29, 1.82) is 0 Å². The highest BCUT2D eigenvalue weighted by molar-refractivity contribution is 6.04. The van der Waals surface area contributed by atoms with Crippen molar-refractivity contribution in [2.24, 2.45) is 11.8 Å². The molecule has 1 N–H and O–H groups in total. The van der Waals surface area contributed by atoms with Gasteiger partial charge in [0.2, 0.25) is 11.8 Å². The van der Waals surface area contributed by atoms with Crippen molar-refractivity contribution in [3.05, 3.63) is 18.2 Å². The van der Waals surface area contributed by atoms with Gasteiger partial charge in [0.1, 0.15) is 11.4 Å². The van der Waals surface area contributed by atoms with E-state index < -0.39 is 29.1 Å². The number of carbonyl (C=O) groups excluding carboxylic acids is 4. The number of likely N-dealkylation sites (tertiary alicyclic amines) is 1. The number of nitrogens with zero attached hydrogens (tertiary/aromatic N) is 3. The number of rotatable bonds is 11. The van der Waals surface area contributed by atoms with E-state index in [9.17, 15) is 19.2 Å². The molecule has 2 heterocycles. The Hall–Kier alpha value is -3.38. The molecule has 5 rings (SSSR count). The first-order chi connectivity index (χ1) is 21.7. The maximum absolute atomic E-state index is 14.5. The van der Waals surface area contributed by atoms with Crippen LogP contribution in [0.4, 0.5) is 16.2 Å². The smallest absolute Gasteiger partial charge is 0.410 e. The maximum atomic E-state index is 14.5. The summed E-state index contributed by atoms with van der Waals surface area (Å²) in [6, 6.07) is 5.48. The average Bonchev–Trinajstić information content (AvgIpc) is 3.92. The van der Waals surface area contributed by atoms with Crippen molar-refractivity contribution in [2.45, 2.75) is 96.4 Å². The highest BCUT2D eigenvalue weighted by atomic mass is 16.6. The molecule has 1 aromatic rings. The summed E-state index contributed by atoms with van der Waals surface area (Å²) in [7, 11) is 1.61. The van der Waals surface area contributed by atoms with Gasteiger partial charge in [-0.1, -0.05) is 0 Å². The number of anilines is 2. The normalized spacial score (nSPS) is 23.2. The molecule has 0 bridgehead atoms. The van der Waals surface area contributed by atoms with E-state index in [4.69, 9.17) is 18.9 Å². The summed E-state index contributed by atoms with van der Waals surface area (Å²) >= 11 is 0. The van der Waals surface area contributed by atoms with Crippen LogP contribution in [0.1, 0.15) is 73.6 Å². The second-order valence-electron chi connectivity index (χ2n) is 14.6. The lowest BCUT2D eigenvalue weighted by Gasteiger charge is -2.40. The standard InChI is InChI=1S/C34H50N4O8/c1-8-44-16-15-37-26-18-25(11-12-27(26)45-33(5,6)30(37)41)38(24-9-10-24)29(40)23-17-22(28(39)35-34(13-14-34)21-43-7)19-36(20-23)31(42)46-32(2,3)4/h11-12,18,22-24H,8-10,13-17,19-21H2,1-7H3,(H,35,39)/t22?,23-/m1/s1. The second-order valence-corrected chi connectivity index (χ2v) is 14.6. The fourth-order valence-corrected chi connectivity index (χ4v) is 6.31. The number of benzene rings is 1. The molecule has 2 atom stereocenters. The minimum absolute atomic E-state index is 0.0142. The fraction of sp³-hybridized carbons (Fsp3) is 0.706. The van der Waals surface area contributed by atoms with E-state index >= 15 is 0 Å². The van der Waals surface area contributed by atoms with Crippen LogP contribution in [0.2, 0.25) is 0 Å². The molecule has 1 unspecified atom stereocenters. The van der Waals surface area contributed by atoms with Gasteiger partial charge in [-0.2, -0.15) is 0 Å². The third-order valence-corrected chi connectivity index (χ3v) is 8.93. The zero-order chi connectivity index (χ0) is 33.4. The molecule has 12 heteroatoms. The number of nitrogens with one attached hydrogen (secondary N) is 1. The minimum Gasteiger partial charge on any atom is -0.476 e. The van der Waals surface area contributed by atoms with Gasteiger partial charge in [-0.15, -0.1) is 0 Å². The first-order valence-electron chi connectivity index (χ1n) is 16.5. The van der Waals surface area contributed by atoms with Crippen molar-refractivity contribution < 1.29 is 38.1 Å². The Bertz CT molecular complexity index is 1330. The molecule has 4 aliphatic rings. The Morgan fingerprint density at radius 1 is 1.11 bits per heavy atom. The van der Waals surface area contributed by atoms with E-state index in [1.54, 1.807) is 51.5 Å². The molecule has 0 spiro atoms. The molecule has 4 amide bonds. The largest absolute Gasteiger partial charge is 0.476 e. The summed E-state index contributed by atoms with van der Waals surface area (Å²) in [6.07, 6.45) is 3.09. The Labute approximate surface area is 272 Å². The van der Waals surface area contributed by atoms with Crippen LogP contribution in [0.3, 0.4) is 0 Å². The van der Waals surface area contributed by atoms with Crippen molar-refractivity contribution in [3.8, 4) is 5.75 Å². The summed E-state index contributed by atoms with van der Waals surface area (Å²) in [5.41, 5.74) is -0.920. The highest BCUT2D eigenvalue weighted by Crippen LogP contribution is 2.43. The van der Waals surface area contributed by atoms with Crippen molar-refractivity contribution in [1.82, 2.24) is 10.2 Å². The van der Waals surface area contributed by atoms with Crippen molar-refractivity contribution in [3.63, 3.8) is 0 Å². The van der Waals surface area contributed by atoms with Gasteiger partial charge in [0.15, 0.2) is 5.60 Å². The Kier molecular flexibility index (Phi) is 9.62. The molecule has 2 aliphatic heterocycles. The zero-order valence-corrected chi connectivity index (χ0v) is 28.3. The number of ether oxygens (including phenoxy) is 4. The van der Waals surface area contributed by atoms with Crippen LogP contribution in [-0.2, 0) is 28.6 Å². The highest BCUT2D eigenvalue weighted by Gasteiger charge is 2.48. The van der Waals surface area contributed by atoms with Gasteiger partial charge >= 0.3 is 6.09 Å². The molecule has 0 radical (unpaired) electrons. The van der Waals surface area contributed by atoms with Gasteiger partial charge in [-0.25, -0.2) is 4.79 Å². The fourth-order valence-electron chi connectivity index (χ4n) is 6.31. The first kappa shape index (κ1) is 34.0. The molecule has 46 heavy (non-hydrogen) atoms. The number of fused-ring (bicyclic) bond motifs is 1. The summed E-state index contributed by atoms with van der Waals surface area (Å²) in [5, 5.41) is 3.14. The van der Waals surface area contributed by atoms with Crippen molar-refractivity contribution in [2.75, 3.05) is 56.4 Å². The van der Waals surface area contributed by atoms with Crippen LogP contribution >= 0.6 is 0 Å². The van der Waals surface area contributed by atoms with Crippen LogP contribution in [0, 0.1) is 11.8 Å². The lowest BCUT2D eigenvalue weighted by atomic mass is 9.87. The lowest BCUT2D eigenvalue weighted by molar-refractivity contribution is -0.133. The molecule has 2 aliphatic carbocycles. The molecule has 2 saturated carbocycles. The van der Waals surface area contributed by atoms with Gasteiger partial charge < -0.3 is 39.0 Å². The van der Waals surface area contributed by atoms with Crippen LogP contribution in [0.25, 0.3) is 0 Å². The van der Waals surface area contributed by atoms with E-state index in [1.807, 2.05) is 25.1 Å². The van der Waals surface area contributed by atoms with Crippen LogP contribution < -0.4 is 19.9 Å². The molecule has 0 aromatic heterocycles. The number of carbonyl (C=O) groups is 4. The topological polar surface area (TPSA) is 127 Å². The van der Waals surface area contributed by atoms with Crippen LogP contribution in [-0.4, -0.2) is 98.1 Å². The predicted molar refractivity (Wildman–Crippen MR) is 172 cm³/mol. The lowest BCUT2D eigenvalue weighted by Crippen LogP contribution is -2.55. The molecule has 254 valence electrons. The van der Waals surface area contributed by atoms with E-state index in [0.717, 1.165) is 25.7 Å². The van der Waals surface area contributed by atoms with Gasteiger partial charge in [0.05, 0.1) is 36.3 Å². The summed E-state index contributed by atoms with van der Waals surface area (Å²) in [4.78, 5) is 59.8. The number of amides is 4. The van der Waals surface area contributed by atoms with Gasteiger partial charge in [0, 0.05) is 45.1 Å². The first-order valence-corrected chi connectivity index (χ1v) is 16.5. The molecule has 1 saturated heterocycles. The third kappa shape index (κ3) is 7.60. The molecular weight excluding hydrogens is 592 g/mol. The molecule has 1 aromatic carbocycles. The third-order valence-electron chi connectivity index (χ3n) is 8.93. The molecule has 12 nitrogen and oxygen atoms in total. The van der Waals surface area contributed by atoms with Gasteiger partial charge in [0.25, 0.3) is 5.91 Å². The Morgan fingerprint density at radius 3 is 2.41 bits per heavy atom. The minimum atomic E-state index is -1.04. The van der Waals surface area contributed by atoms with E-state index in [-0.39, 0.29) is 42.4 Å². The van der Waals surface area contributed by atoms with Crippen LogP contribution in [0.5, 0.6) is 5.75 Å². The van der Waals surface area contributed by atoms with E-state index in [0.29, 0.717) is 49.9 Å². The molecular formula is C34H50N4O8. The second kappa shape index (κ2) is 13.0. The van der Waals surface area contributed by atoms with E-state index in [2.05, 4.69) is 5.32 Å². The molecule has 3 fully saturated rings. The Morgan fingerprint density at radius 2 is 1.80 bits per heavy atom. The number of hydrogen-bond acceptors (Lipinski definition) is 8. The van der Waals surface area contributed by atoms with E-state index in [1.165, 1.54) is 4.90 Å². The summed E-state index contributed by atoms with van der Waals surface area (Å²) < 4.78 is 22.7. The van der Waals surface area contributed by atoms with Gasteiger partial charge in [-0.05, 0) is 91.8 Å². The number of piperidine rings is 1. The summed E-state index contributed by atoms with van der Waals surface area (Å²) in [5.74, 6) is -1.18. The zero-order valence-electron chi connectivity index (χ0n) is 28.3. The number of hydrogen-bond donors (Lipinski definition) is 1. The average molecular weight is 643 g/mol. The summed E-state index contributed by atoms with van der Waals surface area (Å²) in [6.45, 7) is 12.7. The quantitative estimate of drug-likeness (QED) is 0.361. The maximum Gasteiger partial charge on any atom is 0.410 e. The van der Waals surface area contributed by atoms with Gasteiger partial charge in [-0.3, -0.25) is 14.4 Å². The Balaban J connectivity index is 1.42. The monoisotopic (exact) mass is 642 g/mol. The number of methoxy groups -OCH3 is 1. The predicted octanol–water partition coefficient (Wildman–Crippen LogP) is 3.89. The van der Waals surface area contributed by atoms with Crippen LogP contribution in [0.15, 0.2) is 18.2 Å². The SMILES string of the molecule is CCOCCN1C(=O)C(C)(C)Oc2ccc(N(C(=O)[C@@H]3CC(C(=O)NC4(COC)CC4)CN(C(=O)OC(C)(C)C)C3)C3CC3)cc21. The van der Waals surface area contributed by atoms with Crippen molar-refractivity contribution >= 4 is 35.2 Å².